The first-order valence-corrected chi connectivity index (χ1v) is 4.81. The Morgan fingerprint density at radius 3 is 2.71 bits per heavy atom. The average Bonchev–Trinajstić information content (AvgIpc) is 2.17. The van der Waals surface area contributed by atoms with Gasteiger partial charge in [0.05, 0.1) is 17.7 Å². The molecule has 0 heterocycles. The zero-order chi connectivity index (χ0) is 10.6. The van der Waals surface area contributed by atoms with Crippen LogP contribution in [0.1, 0.15) is 37.5 Å². The molecule has 1 N–H and O–H groups in total. The third-order valence-electron chi connectivity index (χ3n) is 2.10. The molecule has 0 fully saturated rings. The molecule has 0 bridgehead atoms. The molecule has 0 spiro atoms. The van der Waals surface area contributed by atoms with Crippen molar-refractivity contribution in [3.63, 3.8) is 0 Å². The van der Waals surface area contributed by atoms with Gasteiger partial charge in [0.15, 0.2) is 0 Å². The van der Waals surface area contributed by atoms with Crippen molar-refractivity contribution in [2.45, 2.75) is 26.4 Å². The van der Waals surface area contributed by atoms with Crippen LogP contribution in [0, 0.1) is 17.2 Å². The summed E-state index contributed by atoms with van der Waals surface area (Å²) in [7, 11) is 0. The van der Waals surface area contributed by atoms with Crippen molar-refractivity contribution in [3.05, 3.63) is 35.4 Å². The van der Waals surface area contributed by atoms with Crippen molar-refractivity contribution >= 4 is 0 Å². The Morgan fingerprint density at radius 1 is 1.43 bits per heavy atom. The SMILES string of the molecule is CC(C)C[C@@H](O)c1cccc(C#N)c1. The van der Waals surface area contributed by atoms with Crippen LogP contribution < -0.4 is 0 Å². The molecule has 0 unspecified atom stereocenters. The molecular formula is C12H15NO. The minimum Gasteiger partial charge on any atom is -0.388 e. The Labute approximate surface area is 84.8 Å². The number of hydrogen-bond acceptors (Lipinski definition) is 2. The van der Waals surface area contributed by atoms with Crippen molar-refractivity contribution in [2.75, 3.05) is 0 Å². The highest BCUT2D eigenvalue weighted by Gasteiger charge is 2.09. The normalized spacial score (nSPS) is 12.5. The van der Waals surface area contributed by atoms with E-state index in [1.807, 2.05) is 6.07 Å². The van der Waals surface area contributed by atoms with Gasteiger partial charge in [0.25, 0.3) is 0 Å². The third kappa shape index (κ3) is 2.86. The van der Waals surface area contributed by atoms with E-state index in [4.69, 9.17) is 5.26 Å². The minimum absolute atomic E-state index is 0.454. The molecule has 0 aliphatic carbocycles. The Hall–Kier alpha value is -1.33. The van der Waals surface area contributed by atoms with E-state index < -0.39 is 6.10 Å². The van der Waals surface area contributed by atoms with E-state index in [0.717, 1.165) is 12.0 Å². The van der Waals surface area contributed by atoms with Crippen LogP contribution in [0.2, 0.25) is 0 Å². The first kappa shape index (κ1) is 10.7. The topological polar surface area (TPSA) is 44.0 Å². The van der Waals surface area contributed by atoms with Crippen LogP contribution in [0.25, 0.3) is 0 Å². The number of hydrogen-bond donors (Lipinski definition) is 1. The van der Waals surface area contributed by atoms with Crippen molar-refractivity contribution in [1.29, 1.82) is 5.26 Å². The number of aliphatic hydroxyl groups excluding tert-OH is 1. The molecule has 0 amide bonds. The fraction of sp³-hybridized carbons (Fsp3) is 0.417. The summed E-state index contributed by atoms with van der Waals surface area (Å²) in [6.07, 6.45) is 0.276. The fourth-order valence-electron chi connectivity index (χ4n) is 1.40. The maximum absolute atomic E-state index is 9.80. The van der Waals surface area contributed by atoms with Gasteiger partial charge in [-0.05, 0) is 30.0 Å². The van der Waals surface area contributed by atoms with Gasteiger partial charge in [-0.2, -0.15) is 5.26 Å². The molecule has 1 aromatic carbocycles. The molecular weight excluding hydrogens is 174 g/mol. The van der Waals surface area contributed by atoms with Crippen molar-refractivity contribution in [2.24, 2.45) is 5.92 Å². The second-order valence-corrected chi connectivity index (χ2v) is 3.88. The van der Waals surface area contributed by atoms with Crippen LogP contribution in [-0.4, -0.2) is 5.11 Å². The lowest BCUT2D eigenvalue weighted by atomic mass is 9.98. The van der Waals surface area contributed by atoms with Crippen LogP contribution in [0.3, 0.4) is 0 Å². The van der Waals surface area contributed by atoms with E-state index in [9.17, 15) is 5.11 Å². The van der Waals surface area contributed by atoms with Gasteiger partial charge in [0, 0.05) is 0 Å². The highest BCUT2D eigenvalue weighted by molar-refractivity contribution is 5.33. The minimum atomic E-state index is -0.455. The standard InChI is InChI=1S/C12H15NO/c1-9(2)6-12(14)11-5-3-4-10(7-11)8-13/h3-5,7,9,12,14H,6H2,1-2H3/t12-/m1/s1. The summed E-state index contributed by atoms with van der Waals surface area (Å²) in [4.78, 5) is 0. The number of aliphatic hydroxyl groups is 1. The maximum Gasteiger partial charge on any atom is 0.0991 e. The second-order valence-electron chi connectivity index (χ2n) is 3.88. The quantitative estimate of drug-likeness (QED) is 0.794. The van der Waals surface area contributed by atoms with E-state index >= 15 is 0 Å². The van der Waals surface area contributed by atoms with Crippen molar-refractivity contribution < 1.29 is 5.11 Å². The summed E-state index contributed by atoms with van der Waals surface area (Å²) in [5, 5.41) is 18.5. The molecule has 0 aliphatic heterocycles. The van der Waals surface area contributed by atoms with E-state index in [2.05, 4.69) is 19.9 Å². The Kier molecular flexibility index (Phi) is 3.67. The Bertz CT molecular complexity index is 338. The predicted molar refractivity (Wildman–Crippen MR) is 55.6 cm³/mol. The van der Waals surface area contributed by atoms with Crippen LogP contribution in [-0.2, 0) is 0 Å². The molecule has 0 saturated heterocycles. The smallest absolute Gasteiger partial charge is 0.0991 e. The molecule has 1 atom stereocenters. The van der Waals surface area contributed by atoms with Gasteiger partial charge in [-0.25, -0.2) is 0 Å². The molecule has 1 rings (SSSR count). The second kappa shape index (κ2) is 4.78. The summed E-state index contributed by atoms with van der Waals surface area (Å²) in [5.41, 5.74) is 1.43. The predicted octanol–water partition coefficient (Wildman–Crippen LogP) is 2.64. The van der Waals surface area contributed by atoms with E-state index in [1.54, 1.807) is 18.2 Å². The number of rotatable bonds is 3. The fourth-order valence-corrected chi connectivity index (χ4v) is 1.40. The maximum atomic E-state index is 9.80. The molecule has 0 radical (unpaired) electrons. The van der Waals surface area contributed by atoms with E-state index in [1.165, 1.54) is 0 Å². The van der Waals surface area contributed by atoms with Crippen molar-refractivity contribution in [3.8, 4) is 6.07 Å². The first-order valence-electron chi connectivity index (χ1n) is 4.81. The van der Waals surface area contributed by atoms with Gasteiger partial charge >= 0.3 is 0 Å². The molecule has 0 aliphatic rings. The van der Waals surface area contributed by atoms with Gasteiger partial charge < -0.3 is 5.11 Å². The number of nitrogens with zero attached hydrogens (tertiary/aromatic N) is 1. The highest BCUT2D eigenvalue weighted by Crippen LogP contribution is 2.21. The van der Waals surface area contributed by atoms with Crippen LogP contribution in [0.15, 0.2) is 24.3 Å². The summed E-state index contributed by atoms with van der Waals surface area (Å²) < 4.78 is 0. The Balaban J connectivity index is 2.80. The molecule has 2 heteroatoms. The van der Waals surface area contributed by atoms with Gasteiger partial charge in [-0.15, -0.1) is 0 Å². The van der Waals surface area contributed by atoms with Gasteiger partial charge in [0.1, 0.15) is 0 Å². The molecule has 0 aromatic heterocycles. The molecule has 74 valence electrons. The number of nitriles is 1. The van der Waals surface area contributed by atoms with Crippen LogP contribution in [0.4, 0.5) is 0 Å². The first-order chi connectivity index (χ1) is 6.63. The highest BCUT2D eigenvalue weighted by atomic mass is 16.3. The molecule has 14 heavy (non-hydrogen) atoms. The van der Waals surface area contributed by atoms with Gasteiger partial charge in [0.2, 0.25) is 0 Å². The molecule has 2 nitrogen and oxygen atoms in total. The zero-order valence-electron chi connectivity index (χ0n) is 8.57. The van der Waals surface area contributed by atoms with Crippen LogP contribution in [0.5, 0.6) is 0 Å². The third-order valence-corrected chi connectivity index (χ3v) is 2.10. The monoisotopic (exact) mass is 189 g/mol. The molecule has 0 saturated carbocycles. The average molecular weight is 189 g/mol. The van der Waals surface area contributed by atoms with E-state index in [-0.39, 0.29) is 0 Å². The summed E-state index contributed by atoms with van der Waals surface area (Å²) in [6, 6.07) is 9.21. The molecule has 1 aromatic rings. The van der Waals surface area contributed by atoms with Crippen molar-refractivity contribution in [1.82, 2.24) is 0 Å². The van der Waals surface area contributed by atoms with Gasteiger partial charge in [-0.1, -0.05) is 26.0 Å². The Morgan fingerprint density at radius 2 is 2.14 bits per heavy atom. The van der Waals surface area contributed by atoms with E-state index in [0.29, 0.717) is 11.5 Å². The summed E-state index contributed by atoms with van der Waals surface area (Å²) >= 11 is 0. The number of benzene rings is 1. The lowest BCUT2D eigenvalue weighted by molar-refractivity contribution is 0.151. The van der Waals surface area contributed by atoms with Gasteiger partial charge in [-0.3, -0.25) is 0 Å². The summed E-state index contributed by atoms with van der Waals surface area (Å²) in [5.74, 6) is 0.454. The summed E-state index contributed by atoms with van der Waals surface area (Å²) in [6.45, 7) is 4.13. The largest absolute Gasteiger partial charge is 0.388 e. The zero-order valence-corrected chi connectivity index (χ0v) is 8.57. The van der Waals surface area contributed by atoms with Crippen LogP contribution >= 0.6 is 0 Å². The lowest BCUT2D eigenvalue weighted by Crippen LogP contribution is -2.01. The lowest BCUT2D eigenvalue weighted by Gasteiger charge is -2.13.